The largest absolute Gasteiger partial charge is 0.481 e. The van der Waals surface area contributed by atoms with Crippen molar-refractivity contribution in [3.8, 4) is 0 Å². The number of hydrogen-bond acceptors (Lipinski definition) is 5. The smallest absolute Gasteiger partial charge is 0.320 e. The highest BCUT2D eigenvalue weighted by molar-refractivity contribution is 5.73. The lowest BCUT2D eigenvalue weighted by Crippen LogP contribution is -2.37. The number of aliphatic carboxylic acids is 2. The molecule has 3 atom stereocenters. The second-order valence-corrected chi connectivity index (χ2v) is 6.09. The molecule has 136 valence electrons. The van der Waals surface area contributed by atoms with Crippen molar-refractivity contribution in [3.63, 3.8) is 0 Å². The molecule has 1 rings (SSSR count). The van der Waals surface area contributed by atoms with E-state index >= 15 is 0 Å². The number of hydrogen-bond donors (Lipinski definition) is 5. The molecule has 0 amide bonds. The molecule has 0 aromatic heterocycles. The number of benzene rings is 1. The van der Waals surface area contributed by atoms with E-state index in [9.17, 15) is 14.7 Å². The van der Waals surface area contributed by atoms with Crippen molar-refractivity contribution in [2.75, 3.05) is 0 Å². The topological polar surface area (TPSA) is 147 Å². The summed E-state index contributed by atoms with van der Waals surface area (Å²) in [5.41, 5.74) is 11.9. The lowest BCUT2D eigenvalue weighted by atomic mass is 9.98. The molecule has 7 N–H and O–H groups in total. The monoisotopic (exact) mass is 340 g/mol. The van der Waals surface area contributed by atoms with Gasteiger partial charge in [0.05, 0.1) is 12.5 Å². The summed E-state index contributed by atoms with van der Waals surface area (Å²) in [6, 6.07) is 8.11. The Labute approximate surface area is 142 Å². The van der Waals surface area contributed by atoms with Crippen molar-refractivity contribution >= 4 is 11.9 Å². The van der Waals surface area contributed by atoms with Crippen LogP contribution in [0.2, 0.25) is 0 Å². The van der Waals surface area contributed by atoms with E-state index in [1.807, 2.05) is 44.2 Å². The molecule has 24 heavy (non-hydrogen) atoms. The zero-order chi connectivity index (χ0) is 18.7. The standard InChI is InChI=1S/C9H11NO2.C8H17NO3/c10-8(9(11)12)6-7-4-2-1-3-5-7;1-5(2)3-6(9)7(10)4-8(11)12/h1-5,8H,6,10H2,(H,11,12);5-7,10H,3-4,9H2,1-2H3,(H,11,12)/t;6-,7-/m.0/s1. The molecule has 0 aliphatic rings. The molecule has 0 heterocycles. The molecular formula is C17H28N2O5. The second-order valence-electron chi connectivity index (χ2n) is 6.09. The van der Waals surface area contributed by atoms with Gasteiger partial charge in [-0.1, -0.05) is 44.2 Å². The Balaban J connectivity index is 0.000000441. The van der Waals surface area contributed by atoms with Crippen molar-refractivity contribution in [1.82, 2.24) is 0 Å². The third kappa shape index (κ3) is 10.7. The molecule has 0 saturated carbocycles. The Hall–Kier alpha value is -1.96. The number of carbonyl (C=O) groups is 2. The predicted octanol–water partition coefficient (Wildman–Crippen LogP) is 0.836. The third-order valence-corrected chi connectivity index (χ3v) is 3.24. The zero-order valence-electron chi connectivity index (χ0n) is 14.1. The summed E-state index contributed by atoms with van der Waals surface area (Å²) in [4.78, 5) is 20.6. The van der Waals surface area contributed by atoms with Gasteiger partial charge >= 0.3 is 11.9 Å². The molecule has 0 fully saturated rings. The Morgan fingerprint density at radius 2 is 1.62 bits per heavy atom. The molecule has 0 aliphatic carbocycles. The first kappa shape index (κ1) is 22.0. The molecule has 0 bridgehead atoms. The Bertz CT molecular complexity index is 493. The van der Waals surface area contributed by atoms with Gasteiger partial charge in [-0.05, 0) is 24.3 Å². The number of carboxylic acid groups (broad SMARTS) is 2. The minimum atomic E-state index is -1.01. The first-order chi connectivity index (χ1) is 11.1. The van der Waals surface area contributed by atoms with Crippen LogP contribution in [0.15, 0.2) is 30.3 Å². The highest BCUT2D eigenvalue weighted by Gasteiger charge is 2.18. The minimum absolute atomic E-state index is 0.270. The number of nitrogens with two attached hydrogens (primary N) is 2. The number of rotatable bonds is 8. The summed E-state index contributed by atoms with van der Waals surface area (Å²) in [5.74, 6) is -1.59. The van der Waals surface area contributed by atoms with Crippen LogP contribution in [0.1, 0.15) is 32.3 Å². The van der Waals surface area contributed by atoms with E-state index in [4.69, 9.17) is 21.7 Å². The first-order valence-corrected chi connectivity index (χ1v) is 7.81. The van der Waals surface area contributed by atoms with Crippen LogP contribution in [-0.2, 0) is 16.0 Å². The van der Waals surface area contributed by atoms with Crippen molar-refractivity contribution in [1.29, 1.82) is 0 Å². The van der Waals surface area contributed by atoms with Gasteiger partial charge in [-0.3, -0.25) is 9.59 Å². The Morgan fingerprint density at radius 1 is 1.08 bits per heavy atom. The average molecular weight is 340 g/mol. The summed E-state index contributed by atoms with van der Waals surface area (Å²) >= 11 is 0. The van der Waals surface area contributed by atoms with E-state index in [1.54, 1.807) is 0 Å². The normalized spacial score (nSPS) is 14.2. The van der Waals surface area contributed by atoms with E-state index in [0.717, 1.165) is 5.56 Å². The van der Waals surface area contributed by atoms with Gasteiger partial charge in [0.25, 0.3) is 0 Å². The van der Waals surface area contributed by atoms with Crippen LogP contribution in [0.3, 0.4) is 0 Å². The molecule has 0 saturated heterocycles. The molecule has 0 radical (unpaired) electrons. The molecule has 7 nitrogen and oxygen atoms in total. The van der Waals surface area contributed by atoms with Crippen molar-refractivity contribution in [2.45, 2.75) is 51.3 Å². The maximum atomic E-state index is 10.4. The first-order valence-electron chi connectivity index (χ1n) is 7.81. The van der Waals surface area contributed by atoms with Crippen LogP contribution in [0, 0.1) is 5.92 Å². The van der Waals surface area contributed by atoms with Crippen LogP contribution in [-0.4, -0.2) is 45.4 Å². The van der Waals surface area contributed by atoms with E-state index in [2.05, 4.69) is 0 Å². The molecule has 1 aromatic carbocycles. The second kappa shape index (κ2) is 11.6. The maximum absolute atomic E-state index is 10.4. The van der Waals surface area contributed by atoms with Crippen molar-refractivity contribution in [3.05, 3.63) is 35.9 Å². The summed E-state index contributed by atoms with van der Waals surface area (Å²) in [7, 11) is 0. The third-order valence-electron chi connectivity index (χ3n) is 3.24. The van der Waals surface area contributed by atoms with E-state index in [0.29, 0.717) is 18.8 Å². The van der Waals surface area contributed by atoms with Crippen LogP contribution >= 0.6 is 0 Å². The molecule has 1 aromatic rings. The van der Waals surface area contributed by atoms with Crippen molar-refractivity contribution < 1.29 is 24.9 Å². The van der Waals surface area contributed by atoms with Crippen LogP contribution in [0.25, 0.3) is 0 Å². The number of aliphatic hydroxyl groups excluding tert-OH is 1. The molecule has 0 aliphatic heterocycles. The molecule has 1 unspecified atom stereocenters. The summed E-state index contributed by atoms with van der Waals surface area (Å²) in [6.45, 7) is 3.96. The van der Waals surface area contributed by atoms with Crippen LogP contribution in [0.4, 0.5) is 0 Å². The highest BCUT2D eigenvalue weighted by Crippen LogP contribution is 2.08. The van der Waals surface area contributed by atoms with Gasteiger partial charge in [0.15, 0.2) is 0 Å². The quantitative estimate of drug-likeness (QED) is 0.471. The Kier molecular flexibility index (Phi) is 10.6. The van der Waals surface area contributed by atoms with Gasteiger partial charge in [0.1, 0.15) is 6.04 Å². The fourth-order valence-corrected chi connectivity index (χ4v) is 1.99. The maximum Gasteiger partial charge on any atom is 0.320 e. The van der Waals surface area contributed by atoms with E-state index in [1.165, 1.54) is 0 Å². The SMILES string of the molecule is CC(C)C[C@H](N)[C@@H](O)CC(=O)O.NC(Cc1ccccc1)C(=O)O. The van der Waals surface area contributed by atoms with Gasteiger partial charge in [0.2, 0.25) is 0 Å². The summed E-state index contributed by atoms with van der Waals surface area (Å²) in [6.07, 6.45) is -0.164. The van der Waals surface area contributed by atoms with Gasteiger partial charge in [-0.15, -0.1) is 0 Å². The van der Waals surface area contributed by atoms with Gasteiger partial charge in [-0.2, -0.15) is 0 Å². The zero-order valence-corrected chi connectivity index (χ0v) is 14.1. The Morgan fingerprint density at radius 3 is 2.04 bits per heavy atom. The highest BCUT2D eigenvalue weighted by atomic mass is 16.4. The van der Waals surface area contributed by atoms with Gasteiger partial charge in [0, 0.05) is 6.04 Å². The van der Waals surface area contributed by atoms with E-state index < -0.39 is 30.1 Å². The average Bonchev–Trinajstić information content (AvgIpc) is 2.47. The van der Waals surface area contributed by atoms with Gasteiger partial charge in [-0.25, -0.2) is 0 Å². The summed E-state index contributed by atoms with van der Waals surface area (Å²) in [5, 5.41) is 26.1. The predicted molar refractivity (Wildman–Crippen MR) is 91.4 cm³/mol. The van der Waals surface area contributed by atoms with Crippen LogP contribution < -0.4 is 11.5 Å². The van der Waals surface area contributed by atoms with Gasteiger partial charge < -0.3 is 26.8 Å². The van der Waals surface area contributed by atoms with E-state index in [-0.39, 0.29) is 6.42 Å². The molecular weight excluding hydrogens is 312 g/mol. The number of aliphatic hydroxyl groups is 1. The summed E-state index contributed by atoms with van der Waals surface area (Å²) < 4.78 is 0. The number of carboxylic acids is 2. The minimum Gasteiger partial charge on any atom is -0.481 e. The lowest BCUT2D eigenvalue weighted by molar-refractivity contribution is -0.140. The fraction of sp³-hybridized carbons (Fsp3) is 0.529. The lowest BCUT2D eigenvalue weighted by Gasteiger charge is -2.18. The molecule has 0 spiro atoms. The molecule has 7 heteroatoms. The van der Waals surface area contributed by atoms with Crippen molar-refractivity contribution in [2.24, 2.45) is 17.4 Å². The fourth-order valence-electron chi connectivity index (χ4n) is 1.99. The van der Waals surface area contributed by atoms with Crippen LogP contribution in [0.5, 0.6) is 0 Å².